The molecule has 160 valence electrons. The Bertz CT molecular complexity index is 1110. The number of rotatable bonds is 4. The van der Waals surface area contributed by atoms with Crippen LogP contribution >= 0.6 is 0 Å². The van der Waals surface area contributed by atoms with Gasteiger partial charge in [-0.1, -0.05) is 0 Å². The van der Waals surface area contributed by atoms with Crippen LogP contribution in [0.5, 0.6) is 0 Å². The molecule has 4 heterocycles. The van der Waals surface area contributed by atoms with Crippen molar-refractivity contribution in [1.82, 2.24) is 15.0 Å². The third-order valence-electron chi connectivity index (χ3n) is 5.13. The van der Waals surface area contributed by atoms with Gasteiger partial charge in [-0.15, -0.1) is 0 Å². The SMILES string of the molecule is Nc1ccc(-c2nc(C(=O)Nc3cnccc3N3CCCC(N)C3)c(N)cc2F)cn1. The summed E-state index contributed by atoms with van der Waals surface area (Å²) in [4.78, 5) is 27.3. The second-order valence-corrected chi connectivity index (χ2v) is 7.42. The summed E-state index contributed by atoms with van der Waals surface area (Å²) in [5, 5.41) is 2.80. The zero-order valence-corrected chi connectivity index (χ0v) is 16.8. The molecule has 0 aliphatic carbocycles. The van der Waals surface area contributed by atoms with Gasteiger partial charge in [0, 0.05) is 43.2 Å². The van der Waals surface area contributed by atoms with Crippen molar-refractivity contribution in [3.8, 4) is 11.3 Å². The Hall–Kier alpha value is -3.79. The molecule has 4 rings (SSSR count). The van der Waals surface area contributed by atoms with Crippen molar-refractivity contribution in [1.29, 1.82) is 0 Å². The molecule has 1 atom stereocenters. The summed E-state index contributed by atoms with van der Waals surface area (Å²) in [5.74, 6) is -0.943. The minimum Gasteiger partial charge on any atom is -0.397 e. The minimum atomic E-state index is -0.662. The Kier molecular flexibility index (Phi) is 5.63. The Morgan fingerprint density at radius 2 is 2.06 bits per heavy atom. The topological polar surface area (TPSA) is 149 Å². The normalized spacial score (nSPS) is 16.2. The number of carbonyl (C=O) groups is 1. The van der Waals surface area contributed by atoms with Crippen molar-refractivity contribution >= 4 is 28.8 Å². The van der Waals surface area contributed by atoms with Crippen molar-refractivity contribution in [3.05, 3.63) is 54.4 Å². The number of hydrogen-bond acceptors (Lipinski definition) is 8. The Balaban J connectivity index is 1.64. The van der Waals surface area contributed by atoms with Crippen molar-refractivity contribution in [2.45, 2.75) is 18.9 Å². The molecule has 31 heavy (non-hydrogen) atoms. The Morgan fingerprint density at radius 3 is 2.81 bits per heavy atom. The highest BCUT2D eigenvalue weighted by Crippen LogP contribution is 2.29. The molecule has 3 aromatic heterocycles. The first-order chi connectivity index (χ1) is 14.9. The van der Waals surface area contributed by atoms with Crippen LogP contribution in [0, 0.1) is 5.82 Å². The second-order valence-electron chi connectivity index (χ2n) is 7.42. The maximum absolute atomic E-state index is 14.5. The van der Waals surface area contributed by atoms with Crippen LogP contribution in [0.4, 0.5) is 27.3 Å². The number of pyridine rings is 3. The number of hydrogen-bond donors (Lipinski definition) is 4. The number of nitrogens with zero attached hydrogens (tertiary/aromatic N) is 4. The molecular weight excluding hydrogens is 399 g/mol. The van der Waals surface area contributed by atoms with Crippen molar-refractivity contribution < 1.29 is 9.18 Å². The van der Waals surface area contributed by atoms with Crippen molar-refractivity contribution in [2.75, 3.05) is 34.8 Å². The number of nitrogens with two attached hydrogens (primary N) is 3. The third kappa shape index (κ3) is 4.38. The highest BCUT2D eigenvalue weighted by Gasteiger charge is 2.22. The number of aromatic nitrogens is 3. The van der Waals surface area contributed by atoms with Gasteiger partial charge < -0.3 is 27.4 Å². The summed E-state index contributed by atoms with van der Waals surface area (Å²) >= 11 is 0. The molecule has 9 nitrogen and oxygen atoms in total. The fourth-order valence-electron chi connectivity index (χ4n) is 3.60. The summed E-state index contributed by atoms with van der Waals surface area (Å²) in [6, 6.07) is 6.06. The molecule has 7 N–H and O–H groups in total. The minimum absolute atomic E-state index is 0.0414. The van der Waals surface area contributed by atoms with Gasteiger partial charge in [0.15, 0.2) is 11.5 Å². The fraction of sp³-hybridized carbons (Fsp3) is 0.238. The van der Waals surface area contributed by atoms with Crippen LogP contribution in [0.1, 0.15) is 23.3 Å². The summed E-state index contributed by atoms with van der Waals surface area (Å²) in [6.45, 7) is 1.50. The molecular formula is C21H23FN8O. The standard InChI is InChI=1S/C21H23FN8O/c22-14-8-15(24)20(29-19(14)12-3-4-18(25)27-9-12)21(31)28-16-10-26-6-5-17(16)30-7-1-2-13(23)11-30/h3-6,8-10,13H,1-2,7,11,23-24H2,(H2,25,27)(H,28,31). The first-order valence-corrected chi connectivity index (χ1v) is 9.86. The lowest BCUT2D eigenvalue weighted by molar-refractivity contribution is 0.102. The molecule has 1 aliphatic rings. The smallest absolute Gasteiger partial charge is 0.276 e. The van der Waals surface area contributed by atoms with E-state index in [0.717, 1.165) is 31.1 Å². The number of anilines is 4. The lowest BCUT2D eigenvalue weighted by Crippen LogP contribution is -2.43. The molecule has 1 aliphatic heterocycles. The summed E-state index contributed by atoms with van der Waals surface area (Å²) < 4.78 is 14.5. The molecule has 0 aromatic carbocycles. The number of piperidine rings is 1. The van der Waals surface area contributed by atoms with Gasteiger partial charge in [0.2, 0.25) is 0 Å². The molecule has 0 radical (unpaired) electrons. The van der Waals surface area contributed by atoms with Crippen LogP contribution in [0.3, 0.4) is 0 Å². The fourth-order valence-corrected chi connectivity index (χ4v) is 3.60. The highest BCUT2D eigenvalue weighted by atomic mass is 19.1. The van der Waals surface area contributed by atoms with Gasteiger partial charge in [-0.05, 0) is 31.0 Å². The number of carbonyl (C=O) groups excluding carboxylic acids is 1. The van der Waals surface area contributed by atoms with Gasteiger partial charge in [-0.3, -0.25) is 9.78 Å². The van der Waals surface area contributed by atoms with Crippen molar-refractivity contribution in [3.63, 3.8) is 0 Å². The number of nitrogen functional groups attached to an aromatic ring is 2. The Morgan fingerprint density at radius 1 is 1.23 bits per heavy atom. The van der Waals surface area contributed by atoms with Crippen LogP contribution in [0.15, 0.2) is 42.9 Å². The van der Waals surface area contributed by atoms with Crippen LogP contribution in [-0.4, -0.2) is 40.0 Å². The van der Waals surface area contributed by atoms with Crippen LogP contribution in [0.2, 0.25) is 0 Å². The van der Waals surface area contributed by atoms with Gasteiger partial charge in [0.25, 0.3) is 5.91 Å². The Labute approximate surface area is 178 Å². The molecule has 0 spiro atoms. The van der Waals surface area contributed by atoms with Gasteiger partial charge >= 0.3 is 0 Å². The first kappa shape index (κ1) is 20.5. The zero-order chi connectivity index (χ0) is 22.0. The quantitative estimate of drug-likeness (QED) is 0.499. The monoisotopic (exact) mass is 422 g/mol. The highest BCUT2D eigenvalue weighted by molar-refractivity contribution is 6.08. The predicted molar refractivity (Wildman–Crippen MR) is 118 cm³/mol. The molecule has 1 amide bonds. The van der Waals surface area contributed by atoms with Gasteiger partial charge in [0.05, 0.1) is 23.3 Å². The largest absolute Gasteiger partial charge is 0.397 e. The van der Waals surface area contributed by atoms with E-state index in [2.05, 4.69) is 25.2 Å². The van der Waals surface area contributed by atoms with Crippen LogP contribution in [0.25, 0.3) is 11.3 Å². The van der Waals surface area contributed by atoms with E-state index in [4.69, 9.17) is 17.2 Å². The number of amides is 1. The summed E-state index contributed by atoms with van der Waals surface area (Å²) in [6.07, 6.45) is 6.52. The van der Waals surface area contributed by atoms with E-state index in [-0.39, 0.29) is 23.1 Å². The average Bonchev–Trinajstić information content (AvgIpc) is 2.75. The van der Waals surface area contributed by atoms with E-state index in [1.165, 1.54) is 12.3 Å². The number of halogens is 1. The maximum atomic E-state index is 14.5. The molecule has 0 bridgehead atoms. The van der Waals surface area contributed by atoms with E-state index in [0.29, 0.717) is 23.6 Å². The van der Waals surface area contributed by atoms with E-state index in [1.807, 2.05) is 6.07 Å². The first-order valence-electron chi connectivity index (χ1n) is 9.86. The van der Waals surface area contributed by atoms with E-state index in [9.17, 15) is 9.18 Å². The summed E-state index contributed by atoms with van der Waals surface area (Å²) in [7, 11) is 0. The van der Waals surface area contributed by atoms with Gasteiger partial charge in [-0.2, -0.15) is 0 Å². The maximum Gasteiger partial charge on any atom is 0.276 e. The van der Waals surface area contributed by atoms with Crippen molar-refractivity contribution in [2.24, 2.45) is 5.73 Å². The average molecular weight is 422 g/mol. The molecule has 1 unspecified atom stereocenters. The van der Waals surface area contributed by atoms with Crippen LogP contribution in [-0.2, 0) is 0 Å². The van der Waals surface area contributed by atoms with E-state index < -0.39 is 11.7 Å². The lowest BCUT2D eigenvalue weighted by atomic mass is 10.1. The lowest BCUT2D eigenvalue weighted by Gasteiger charge is -2.33. The van der Waals surface area contributed by atoms with E-state index >= 15 is 0 Å². The number of nitrogens with one attached hydrogen (secondary N) is 1. The molecule has 1 saturated heterocycles. The zero-order valence-electron chi connectivity index (χ0n) is 16.8. The van der Waals surface area contributed by atoms with E-state index in [1.54, 1.807) is 18.5 Å². The van der Waals surface area contributed by atoms with Gasteiger partial charge in [-0.25, -0.2) is 14.4 Å². The van der Waals surface area contributed by atoms with Crippen LogP contribution < -0.4 is 27.4 Å². The second kappa shape index (κ2) is 8.52. The molecule has 3 aromatic rings. The van der Waals surface area contributed by atoms with Gasteiger partial charge in [0.1, 0.15) is 11.5 Å². The summed E-state index contributed by atoms with van der Waals surface area (Å²) in [5.41, 5.74) is 19.1. The third-order valence-corrected chi connectivity index (χ3v) is 5.13. The molecule has 1 fully saturated rings. The molecule has 10 heteroatoms. The molecule has 0 saturated carbocycles. The predicted octanol–water partition coefficient (Wildman–Crippen LogP) is 2.02.